The predicted octanol–water partition coefficient (Wildman–Crippen LogP) is 1.10. The van der Waals surface area contributed by atoms with Crippen molar-refractivity contribution in [2.45, 2.75) is 13.3 Å². The monoisotopic (exact) mass is 293 g/mol. The first kappa shape index (κ1) is 15.2. The van der Waals surface area contributed by atoms with Gasteiger partial charge in [-0.2, -0.15) is 0 Å². The predicted molar refractivity (Wildman–Crippen MR) is 77.4 cm³/mol. The first-order chi connectivity index (χ1) is 10.1. The topological polar surface area (TPSA) is 84.7 Å². The first-order valence-electron chi connectivity index (χ1n) is 6.95. The lowest BCUT2D eigenvalue weighted by Crippen LogP contribution is -2.37. The maximum absolute atomic E-state index is 12.1. The molecule has 114 valence electrons. The summed E-state index contributed by atoms with van der Waals surface area (Å²) in [5.41, 5.74) is 0.437. The molecule has 1 amide bonds. The molecule has 7 heteroatoms. The molecule has 0 radical (unpaired) electrons. The van der Waals surface area contributed by atoms with Gasteiger partial charge in [0.2, 0.25) is 0 Å². The van der Waals surface area contributed by atoms with Crippen molar-refractivity contribution in [3.05, 3.63) is 33.9 Å². The standard InChI is InChI=1S/C14H19N3O4/c1-11-4-2-5-12(14(11)17(19)20)21-10-13(18)16-8-3-6-15-7-9-16/h2,4-5,15H,3,6-10H2,1H3. The molecule has 0 aliphatic carbocycles. The molecule has 1 aromatic carbocycles. The van der Waals surface area contributed by atoms with E-state index in [0.717, 1.165) is 19.5 Å². The zero-order valence-electron chi connectivity index (χ0n) is 12.0. The summed E-state index contributed by atoms with van der Waals surface area (Å²) in [4.78, 5) is 24.4. The zero-order chi connectivity index (χ0) is 15.2. The van der Waals surface area contributed by atoms with Crippen molar-refractivity contribution in [3.8, 4) is 5.75 Å². The van der Waals surface area contributed by atoms with Gasteiger partial charge < -0.3 is 15.0 Å². The number of rotatable bonds is 4. The van der Waals surface area contributed by atoms with Gasteiger partial charge in [-0.25, -0.2) is 0 Å². The van der Waals surface area contributed by atoms with Gasteiger partial charge in [0.15, 0.2) is 12.4 Å². The van der Waals surface area contributed by atoms with E-state index >= 15 is 0 Å². The Labute approximate surface area is 123 Å². The van der Waals surface area contributed by atoms with Crippen LogP contribution in [0.15, 0.2) is 18.2 Å². The Morgan fingerprint density at radius 2 is 2.24 bits per heavy atom. The van der Waals surface area contributed by atoms with E-state index in [-0.39, 0.29) is 24.0 Å². The number of ether oxygens (including phenoxy) is 1. The van der Waals surface area contributed by atoms with Crippen molar-refractivity contribution in [2.24, 2.45) is 0 Å². The Morgan fingerprint density at radius 1 is 1.43 bits per heavy atom. The average molecular weight is 293 g/mol. The molecule has 1 heterocycles. The quantitative estimate of drug-likeness (QED) is 0.664. The van der Waals surface area contributed by atoms with Crippen LogP contribution in [0.2, 0.25) is 0 Å². The normalized spacial score (nSPS) is 15.4. The van der Waals surface area contributed by atoms with Gasteiger partial charge in [-0.15, -0.1) is 0 Å². The van der Waals surface area contributed by atoms with Crippen molar-refractivity contribution in [1.82, 2.24) is 10.2 Å². The van der Waals surface area contributed by atoms with Gasteiger partial charge in [-0.05, 0) is 26.0 Å². The molecule has 0 bridgehead atoms. The lowest BCUT2D eigenvalue weighted by molar-refractivity contribution is -0.386. The largest absolute Gasteiger partial charge is 0.477 e. The summed E-state index contributed by atoms with van der Waals surface area (Å²) in [6.45, 7) is 4.45. The zero-order valence-corrected chi connectivity index (χ0v) is 12.0. The van der Waals surface area contributed by atoms with Crippen LogP contribution in [-0.2, 0) is 4.79 Å². The first-order valence-corrected chi connectivity index (χ1v) is 6.95. The van der Waals surface area contributed by atoms with Crippen LogP contribution in [0.5, 0.6) is 5.75 Å². The van der Waals surface area contributed by atoms with E-state index in [0.29, 0.717) is 18.7 Å². The Hall–Kier alpha value is -2.15. The number of nitrogens with zero attached hydrogens (tertiary/aromatic N) is 2. The second kappa shape index (κ2) is 7.03. The number of carbonyl (C=O) groups is 1. The number of nitro groups is 1. The van der Waals surface area contributed by atoms with Crippen LogP contribution in [0.25, 0.3) is 0 Å². The molecule has 1 aliphatic rings. The molecule has 1 N–H and O–H groups in total. The molecule has 1 fully saturated rings. The number of aryl methyl sites for hydroxylation is 1. The van der Waals surface area contributed by atoms with Crippen LogP contribution in [0, 0.1) is 17.0 Å². The molecule has 21 heavy (non-hydrogen) atoms. The second-order valence-electron chi connectivity index (χ2n) is 4.95. The summed E-state index contributed by atoms with van der Waals surface area (Å²) in [6.07, 6.45) is 0.899. The molecule has 1 saturated heterocycles. The number of hydrogen-bond acceptors (Lipinski definition) is 5. The summed E-state index contributed by atoms with van der Waals surface area (Å²) >= 11 is 0. The van der Waals surface area contributed by atoms with Gasteiger partial charge in [0.05, 0.1) is 4.92 Å². The van der Waals surface area contributed by atoms with E-state index in [1.807, 2.05) is 0 Å². The van der Waals surface area contributed by atoms with Crippen LogP contribution >= 0.6 is 0 Å². The van der Waals surface area contributed by atoms with Crippen molar-refractivity contribution in [2.75, 3.05) is 32.8 Å². The third-order valence-corrected chi connectivity index (χ3v) is 3.43. The number of nitro benzene ring substituents is 1. The van der Waals surface area contributed by atoms with Crippen molar-refractivity contribution >= 4 is 11.6 Å². The van der Waals surface area contributed by atoms with Crippen LogP contribution in [0.1, 0.15) is 12.0 Å². The molecule has 0 atom stereocenters. The minimum absolute atomic E-state index is 0.0807. The number of benzene rings is 1. The molecule has 0 spiro atoms. The lowest BCUT2D eigenvalue weighted by atomic mass is 10.2. The molecule has 2 rings (SSSR count). The molecule has 1 aliphatic heterocycles. The highest BCUT2D eigenvalue weighted by molar-refractivity contribution is 5.78. The van der Waals surface area contributed by atoms with E-state index in [4.69, 9.17) is 4.74 Å². The number of hydrogen-bond donors (Lipinski definition) is 1. The highest BCUT2D eigenvalue weighted by atomic mass is 16.6. The molecule has 0 aromatic heterocycles. The Bertz CT molecular complexity index is 525. The van der Waals surface area contributed by atoms with E-state index < -0.39 is 4.92 Å². The van der Waals surface area contributed by atoms with E-state index in [1.54, 1.807) is 24.0 Å². The Morgan fingerprint density at radius 3 is 3.00 bits per heavy atom. The van der Waals surface area contributed by atoms with Gasteiger partial charge in [-0.3, -0.25) is 14.9 Å². The van der Waals surface area contributed by atoms with Crippen molar-refractivity contribution in [3.63, 3.8) is 0 Å². The maximum Gasteiger partial charge on any atom is 0.313 e. The summed E-state index contributed by atoms with van der Waals surface area (Å²) in [5.74, 6) is -0.00389. The molecule has 1 aromatic rings. The van der Waals surface area contributed by atoms with Gasteiger partial charge >= 0.3 is 5.69 Å². The minimum Gasteiger partial charge on any atom is -0.477 e. The lowest BCUT2D eigenvalue weighted by Gasteiger charge is -2.20. The molecular weight excluding hydrogens is 274 g/mol. The van der Waals surface area contributed by atoms with Crippen LogP contribution < -0.4 is 10.1 Å². The summed E-state index contributed by atoms with van der Waals surface area (Å²) in [5, 5.41) is 14.3. The van der Waals surface area contributed by atoms with E-state index in [2.05, 4.69) is 5.32 Å². The van der Waals surface area contributed by atoms with Gasteiger partial charge in [0.25, 0.3) is 5.91 Å². The molecule has 0 saturated carbocycles. The average Bonchev–Trinajstić information content (AvgIpc) is 2.73. The van der Waals surface area contributed by atoms with Gasteiger partial charge in [0, 0.05) is 25.2 Å². The van der Waals surface area contributed by atoms with E-state index in [1.165, 1.54) is 6.07 Å². The number of carbonyl (C=O) groups excluding carboxylic acids is 1. The minimum atomic E-state index is -0.481. The summed E-state index contributed by atoms with van der Waals surface area (Å²) in [6, 6.07) is 4.84. The molecular formula is C14H19N3O4. The van der Waals surface area contributed by atoms with Gasteiger partial charge in [-0.1, -0.05) is 12.1 Å². The number of amides is 1. The highest BCUT2D eigenvalue weighted by Gasteiger charge is 2.21. The molecule has 7 nitrogen and oxygen atoms in total. The van der Waals surface area contributed by atoms with Gasteiger partial charge in [0.1, 0.15) is 0 Å². The Kier molecular flexibility index (Phi) is 5.10. The molecule has 0 unspecified atom stereocenters. The number of nitrogens with one attached hydrogen (secondary N) is 1. The summed E-state index contributed by atoms with van der Waals surface area (Å²) < 4.78 is 5.38. The third kappa shape index (κ3) is 3.91. The highest BCUT2D eigenvalue weighted by Crippen LogP contribution is 2.30. The maximum atomic E-state index is 12.1. The fourth-order valence-corrected chi connectivity index (χ4v) is 2.31. The Balaban J connectivity index is 2.01. The number of para-hydroxylation sites is 1. The van der Waals surface area contributed by atoms with Crippen LogP contribution in [0.4, 0.5) is 5.69 Å². The smallest absolute Gasteiger partial charge is 0.313 e. The van der Waals surface area contributed by atoms with E-state index in [9.17, 15) is 14.9 Å². The van der Waals surface area contributed by atoms with Crippen LogP contribution in [0.3, 0.4) is 0 Å². The second-order valence-corrected chi connectivity index (χ2v) is 4.95. The summed E-state index contributed by atoms with van der Waals surface area (Å²) in [7, 11) is 0. The van der Waals surface area contributed by atoms with Crippen molar-refractivity contribution < 1.29 is 14.5 Å². The van der Waals surface area contributed by atoms with Crippen molar-refractivity contribution in [1.29, 1.82) is 0 Å². The SMILES string of the molecule is Cc1cccc(OCC(=O)N2CCCNCC2)c1[N+](=O)[O-]. The fraction of sp³-hybridized carbons (Fsp3) is 0.500. The third-order valence-electron chi connectivity index (χ3n) is 3.43. The fourth-order valence-electron chi connectivity index (χ4n) is 2.31. The van der Waals surface area contributed by atoms with Crippen LogP contribution in [-0.4, -0.2) is 48.5 Å².